The van der Waals surface area contributed by atoms with E-state index in [1.54, 1.807) is 0 Å². The van der Waals surface area contributed by atoms with Gasteiger partial charge in [-0.1, -0.05) is 50.1 Å². The van der Waals surface area contributed by atoms with Crippen LogP contribution in [0.1, 0.15) is 26.2 Å². The number of unbranched alkanes of at least 4 members (excludes halogenated alkanes) is 2. The molecule has 1 amide bonds. The third kappa shape index (κ3) is 4.65. The minimum atomic E-state index is 0.0291. The molecule has 144 valence electrons. The van der Waals surface area contributed by atoms with Crippen molar-refractivity contribution in [3.8, 4) is 17.0 Å². The van der Waals surface area contributed by atoms with Crippen molar-refractivity contribution in [3.05, 3.63) is 54.6 Å². The number of rotatable bonds is 8. The molecule has 3 aromatic rings. The summed E-state index contributed by atoms with van der Waals surface area (Å²) in [5.41, 5.74) is 8.84. The van der Waals surface area contributed by atoms with Gasteiger partial charge in [-0.25, -0.2) is 9.98 Å². The zero-order valence-electron chi connectivity index (χ0n) is 15.9. The maximum Gasteiger partial charge on any atom is 0.213 e. The average molecular weight is 376 g/mol. The third-order valence-corrected chi connectivity index (χ3v) is 4.31. The van der Waals surface area contributed by atoms with E-state index in [9.17, 15) is 4.79 Å². The van der Waals surface area contributed by atoms with Gasteiger partial charge in [-0.3, -0.25) is 10.1 Å². The van der Waals surface area contributed by atoms with Crippen LogP contribution in [0.2, 0.25) is 0 Å². The van der Waals surface area contributed by atoms with Crippen LogP contribution >= 0.6 is 0 Å². The van der Waals surface area contributed by atoms with E-state index in [-0.39, 0.29) is 5.96 Å². The summed E-state index contributed by atoms with van der Waals surface area (Å²) < 4.78 is 6.01. The highest BCUT2D eigenvalue weighted by atomic mass is 16.5. The number of fused-ring (bicyclic) bond motifs is 1. The van der Waals surface area contributed by atoms with E-state index < -0.39 is 0 Å². The molecule has 0 bridgehead atoms. The molecule has 0 fully saturated rings. The van der Waals surface area contributed by atoms with Gasteiger partial charge in [-0.15, -0.1) is 0 Å². The normalized spacial score (nSPS) is 11.4. The maximum atomic E-state index is 10.6. The van der Waals surface area contributed by atoms with E-state index in [1.165, 1.54) is 0 Å². The van der Waals surface area contributed by atoms with Gasteiger partial charge in [0.05, 0.1) is 23.5 Å². The number of nitrogens with two attached hydrogens (primary N) is 1. The molecule has 3 rings (SSSR count). The molecule has 0 saturated heterocycles. The smallest absolute Gasteiger partial charge is 0.213 e. The Morgan fingerprint density at radius 2 is 1.96 bits per heavy atom. The molecule has 1 heterocycles. The highest BCUT2D eigenvalue weighted by Gasteiger charge is 2.11. The van der Waals surface area contributed by atoms with E-state index in [0.717, 1.165) is 47.2 Å². The molecule has 0 radical (unpaired) electrons. The molecule has 0 atom stereocenters. The average Bonchev–Trinajstić information content (AvgIpc) is 2.71. The minimum absolute atomic E-state index is 0.0291. The number of pyridine rings is 1. The lowest BCUT2D eigenvalue weighted by Crippen LogP contribution is -2.29. The summed E-state index contributed by atoms with van der Waals surface area (Å²) >= 11 is 0. The van der Waals surface area contributed by atoms with Crippen molar-refractivity contribution in [2.45, 2.75) is 26.2 Å². The summed E-state index contributed by atoms with van der Waals surface area (Å²) in [6, 6.07) is 17.4. The van der Waals surface area contributed by atoms with Crippen LogP contribution in [-0.4, -0.2) is 24.0 Å². The quantitative estimate of drug-likeness (QED) is 0.267. The van der Waals surface area contributed by atoms with Crippen LogP contribution in [0.5, 0.6) is 5.75 Å². The Hall–Kier alpha value is -3.41. The molecule has 6 nitrogen and oxygen atoms in total. The summed E-state index contributed by atoms with van der Waals surface area (Å²) in [7, 11) is 0. The van der Waals surface area contributed by atoms with Crippen molar-refractivity contribution in [3.63, 3.8) is 0 Å². The van der Waals surface area contributed by atoms with Gasteiger partial charge in [0.25, 0.3) is 0 Å². The van der Waals surface area contributed by atoms with Crippen LogP contribution in [-0.2, 0) is 4.79 Å². The first kappa shape index (κ1) is 19.4. The number of benzene rings is 2. The molecule has 1 aromatic heterocycles. The number of hydrogen-bond acceptors (Lipinski definition) is 4. The Kier molecular flexibility index (Phi) is 6.57. The molecule has 0 saturated carbocycles. The molecule has 3 N–H and O–H groups in total. The van der Waals surface area contributed by atoms with Crippen molar-refractivity contribution in [2.24, 2.45) is 10.7 Å². The van der Waals surface area contributed by atoms with E-state index in [1.807, 2.05) is 54.6 Å². The largest absolute Gasteiger partial charge is 0.493 e. The van der Waals surface area contributed by atoms with Crippen molar-refractivity contribution in [1.29, 1.82) is 0 Å². The molecule has 2 aromatic carbocycles. The zero-order valence-corrected chi connectivity index (χ0v) is 15.9. The third-order valence-electron chi connectivity index (χ3n) is 4.31. The van der Waals surface area contributed by atoms with E-state index >= 15 is 0 Å². The highest BCUT2D eigenvalue weighted by Crippen LogP contribution is 2.34. The maximum absolute atomic E-state index is 10.6. The summed E-state index contributed by atoms with van der Waals surface area (Å²) in [6.07, 6.45) is 3.80. The molecular formula is C22H24N4O2. The van der Waals surface area contributed by atoms with E-state index in [2.05, 4.69) is 17.2 Å². The Balaban J connectivity index is 2.04. The topological polar surface area (TPSA) is 89.6 Å². The van der Waals surface area contributed by atoms with Crippen LogP contribution in [0.15, 0.2) is 59.6 Å². The van der Waals surface area contributed by atoms with Gasteiger partial charge in [-0.05, 0) is 30.7 Å². The van der Waals surface area contributed by atoms with Gasteiger partial charge in [0.2, 0.25) is 6.41 Å². The molecule has 0 aliphatic carbocycles. The first-order valence-electron chi connectivity index (χ1n) is 9.39. The second-order valence-corrected chi connectivity index (χ2v) is 6.35. The van der Waals surface area contributed by atoms with Crippen LogP contribution in [0.4, 0.5) is 5.69 Å². The van der Waals surface area contributed by atoms with E-state index in [0.29, 0.717) is 18.7 Å². The van der Waals surface area contributed by atoms with Gasteiger partial charge < -0.3 is 10.5 Å². The Bertz CT molecular complexity index is 985. The summed E-state index contributed by atoms with van der Waals surface area (Å²) in [4.78, 5) is 19.8. The van der Waals surface area contributed by atoms with Gasteiger partial charge >= 0.3 is 0 Å². The van der Waals surface area contributed by atoms with Gasteiger partial charge in [0, 0.05) is 10.9 Å². The monoisotopic (exact) mass is 376 g/mol. The number of carbonyl (C=O) groups is 1. The summed E-state index contributed by atoms with van der Waals surface area (Å²) in [5, 5.41) is 3.22. The van der Waals surface area contributed by atoms with Crippen LogP contribution in [0.25, 0.3) is 22.2 Å². The number of nitrogens with zero attached hydrogens (tertiary/aromatic N) is 2. The standard InChI is InChI=1S/C22H24N4O2/c1-2-3-8-13-28-21-12-7-5-10-17(21)20-14-19(26-22(23)24-15-27)16-9-4-6-11-18(16)25-20/h4-7,9-12,14-15H,2-3,8,13H2,1H3,(H3,23,24,25,26,27). The highest BCUT2D eigenvalue weighted by molar-refractivity contribution is 5.97. The number of aromatic nitrogens is 1. The fourth-order valence-electron chi connectivity index (χ4n) is 2.95. The second-order valence-electron chi connectivity index (χ2n) is 6.35. The van der Waals surface area contributed by atoms with E-state index in [4.69, 9.17) is 15.5 Å². The summed E-state index contributed by atoms with van der Waals surface area (Å²) in [6.45, 7) is 2.83. The number of amides is 1. The molecule has 6 heteroatoms. The molecule has 0 spiro atoms. The molecule has 0 unspecified atom stereocenters. The SMILES string of the molecule is CCCCCOc1ccccc1-c1cc(N=C(N)NC=O)c2ccccc2n1. The van der Waals surface area contributed by atoms with Crippen molar-refractivity contribution in [1.82, 2.24) is 10.3 Å². The number of aliphatic imine (C=N–C) groups is 1. The van der Waals surface area contributed by atoms with Crippen molar-refractivity contribution < 1.29 is 9.53 Å². The van der Waals surface area contributed by atoms with Gasteiger partial charge in [0.15, 0.2) is 5.96 Å². The van der Waals surface area contributed by atoms with Crippen LogP contribution in [0.3, 0.4) is 0 Å². The molecular weight excluding hydrogens is 352 g/mol. The first-order chi connectivity index (χ1) is 13.7. The van der Waals surface area contributed by atoms with Crippen molar-refractivity contribution in [2.75, 3.05) is 6.61 Å². The number of guanidine groups is 1. The number of para-hydroxylation sites is 2. The Morgan fingerprint density at radius 1 is 1.18 bits per heavy atom. The summed E-state index contributed by atoms with van der Waals surface area (Å²) in [5.74, 6) is 0.816. The Morgan fingerprint density at radius 3 is 2.79 bits per heavy atom. The van der Waals surface area contributed by atoms with Crippen LogP contribution < -0.4 is 15.8 Å². The van der Waals surface area contributed by atoms with Gasteiger partial charge in [-0.2, -0.15) is 0 Å². The lowest BCUT2D eigenvalue weighted by atomic mass is 10.1. The Labute approximate surface area is 164 Å². The lowest BCUT2D eigenvalue weighted by molar-refractivity contribution is -0.108. The number of carbonyl (C=O) groups excluding carboxylic acids is 1. The number of nitrogens with one attached hydrogen (secondary N) is 1. The zero-order chi connectivity index (χ0) is 19.8. The predicted octanol–water partition coefficient (Wildman–Crippen LogP) is 4.16. The molecule has 0 aliphatic rings. The fourth-order valence-corrected chi connectivity index (χ4v) is 2.95. The number of ether oxygens (including phenoxy) is 1. The van der Waals surface area contributed by atoms with Crippen LogP contribution in [0, 0.1) is 0 Å². The number of hydrogen-bond donors (Lipinski definition) is 2. The molecule has 0 aliphatic heterocycles. The first-order valence-corrected chi connectivity index (χ1v) is 9.39. The van der Waals surface area contributed by atoms with Crippen molar-refractivity contribution >= 4 is 29.0 Å². The fraction of sp³-hybridized carbons (Fsp3) is 0.227. The predicted molar refractivity (Wildman–Crippen MR) is 113 cm³/mol. The second kappa shape index (κ2) is 9.50. The molecule has 28 heavy (non-hydrogen) atoms. The minimum Gasteiger partial charge on any atom is -0.493 e. The lowest BCUT2D eigenvalue weighted by Gasteiger charge is -2.13. The van der Waals surface area contributed by atoms with Gasteiger partial charge in [0.1, 0.15) is 5.75 Å².